The highest BCUT2D eigenvalue weighted by atomic mass is 31.1. The molecule has 54 valence electrons. The van der Waals surface area contributed by atoms with Gasteiger partial charge in [-0.2, -0.15) is 0 Å². The fourth-order valence-corrected chi connectivity index (χ4v) is 0.463. The van der Waals surface area contributed by atoms with Crippen molar-refractivity contribution in [2.75, 3.05) is 6.61 Å². The lowest BCUT2D eigenvalue weighted by atomic mass is 10.6. The summed E-state index contributed by atoms with van der Waals surface area (Å²) in [6, 6.07) is 0. The molecule has 4 heteroatoms. The highest BCUT2D eigenvalue weighted by molar-refractivity contribution is 7.27. The molecule has 0 N–H and O–H groups in total. The zero-order chi connectivity index (χ0) is 7.82. The average Bonchev–Trinajstić information content (AvgIpc) is 1.97. The van der Waals surface area contributed by atoms with E-state index in [4.69, 9.17) is 0 Å². The van der Waals surface area contributed by atoms with Crippen molar-refractivity contribution in [3.63, 3.8) is 0 Å². The molecule has 0 atom stereocenters. The van der Waals surface area contributed by atoms with Crippen LogP contribution in [0.1, 0.15) is 0 Å². The molecule has 0 aliphatic rings. The van der Waals surface area contributed by atoms with Crippen LogP contribution in [-0.4, -0.2) is 12.6 Å². The second-order valence-corrected chi connectivity index (χ2v) is 1.85. The van der Waals surface area contributed by atoms with Gasteiger partial charge in [0, 0.05) is 11.9 Å². The van der Waals surface area contributed by atoms with Gasteiger partial charge in [-0.25, -0.2) is 4.79 Å². The van der Waals surface area contributed by atoms with Gasteiger partial charge in [0.05, 0.1) is 0 Å². The van der Waals surface area contributed by atoms with Crippen LogP contribution in [0.5, 0.6) is 0 Å². The Morgan fingerprint density at radius 1 is 1.70 bits per heavy atom. The molecule has 0 aromatic rings. The van der Waals surface area contributed by atoms with Gasteiger partial charge in [-0.15, -0.1) is 0 Å². The summed E-state index contributed by atoms with van der Waals surface area (Å²) in [6.07, 6.45) is 2.55. The van der Waals surface area contributed by atoms with E-state index in [0.29, 0.717) is 0 Å². The smallest absolute Gasteiger partial charge is 0.331 e. The SMILES string of the molecule is C=CCOC(=O)C=CP=O. The van der Waals surface area contributed by atoms with Crippen LogP contribution in [0.2, 0.25) is 0 Å². The lowest BCUT2D eigenvalue weighted by Gasteiger charge is -1.92. The summed E-state index contributed by atoms with van der Waals surface area (Å²) in [5.74, 6) is 0.661. The van der Waals surface area contributed by atoms with Gasteiger partial charge in [-0.1, -0.05) is 12.7 Å². The predicted octanol–water partition coefficient (Wildman–Crippen LogP) is 1.52. The summed E-state index contributed by atoms with van der Waals surface area (Å²) >= 11 is 0. The Balaban J connectivity index is 3.52. The second-order valence-electron chi connectivity index (χ2n) is 1.34. The molecule has 0 amide bonds. The van der Waals surface area contributed by atoms with E-state index in [-0.39, 0.29) is 15.1 Å². The molecule has 0 bridgehead atoms. The highest BCUT2D eigenvalue weighted by Crippen LogP contribution is 1.93. The van der Waals surface area contributed by atoms with Gasteiger partial charge < -0.3 is 4.74 Å². The van der Waals surface area contributed by atoms with Crippen LogP contribution >= 0.6 is 8.46 Å². The number of hydrogen-bond acceptors (Lipinski definition) is 3. The van der Waals surface area contributed by atoms with Crippen molar-refractivity contribution >= 4 is 14.4 Å². The highest BCUT2D eigenvalue weighted by Gasteiger charge is 1.91. The Bertz CT molecular complexity index is 162. The Kier molecular flexibility index (Phi) is 5.59. The standard InChI is InChI=1S/C6H7O3P/c1-2-4-9-6(7)3-5-10-8/h2-3,5H,1,4H2. The lowest BCUT2D eigenvalue weighted by Crippen LogP contribution is -1.98. The molecule has 0 aromatic heterocycles. The van der Waals surface area contributed by atoms with Crippen LogP contribution in [0, 0.1) is 0 Å². The van der Waals surface area contributed by atoms with Gasteiger partial charge in [0.1, 0.15) is 6.61 Å². The van der Waals surface area contributed by atoms with E-state index < -0.39 is 5.97 Å². The minimum atomic E-state index is -0.511. The molecule has 0 aliphatic carbocycles. The first-order valence-corrected chi connectivity index (χ1v) is 3.46. The van der Waals surface area contributed by atoms with Crippen LogP contribution in [0.3, 0.4) is 0 Å². The van der Waals surface area contributed by atoms with Gasteiger partial charge >= 0.3 is 5.97 Å². The Morgan fingerprint density at radius 2 is 2.40 bits per heavy atom. The molecule has 3 nitrogen and oxygen atoms in total. The molecule has 0 spiro atoms. The molecule has 10 heavy (non-hydrogen) atoms. The number of carbonyl (C=O) groups excluding carboxylic acids is 1. The van der Waals surface area contributed by atoms with E-state index in [1.165, 1.54) is 11.9 Å². The summed E-state index contributed by atoms with van der Waals surface area (Å²) < 4.78 is 14.3. The second kappa shape index (κ2) is 6.17. The van der Waals surface area contributed by atoms with E-state index in [1.807, 2.05) is 0 Å². The molecule has 0 rings (SSSR count). The third-order valence-electron chi connectivity index (χ3n) is 0.615. The Labute approximate surface area is 60.6 Å². The summed E-state index contributed by atoms with van der Waals surface area (Å²) in [7, 11) is -0.198. The molecule has 0 aromatic carbocycles. The largest absolute Gasteiger partial charge is 0.458 e. The van der Waals surface area contributed by atoms with E-state index in [9.17, 15) is 9.36 Å². The van der Waals surface area contributed by atoms with Crippen molar-refractivity contribution in [2.24, 2.45) is 0 Å². The predicted molar refractivity (Wildman–Crippen MR) is 37.9 cm³/mol. The zero-order valence-electron chi connectivity index (χ0n) is 5.32. The first-order chi connectivity index (χ1) is 4.81. The number of hydrogen-bond donors (Lipinski definition) is 0. The van der Waals surface area contributed by atoms with E-state index in [1.54, 1.807) is 0 Å². The van der Waals surface area contributed by atoms with Crippen LogP contribution < -0.4 is 0 Å². The van der Waals surface area contributed by atoms with Gasteiger partial charge in [-0.3, -0.25) is 4.57 Å². The van der Waals surface area contributed by atoms with Crippen molar-refractivity contribution in [2.45, 2.75) is 0 Å². The molecular weight excluding hydrogens is 151 g/mol. The lowest BCUT2D eigenvalue weighted by molar-refractivity contribution is -0.136. The molecule has 0 saturated heterocycles. The first-order valence-electron chi connectivity index (χ1n) is 2.58. The van der Waals surface area contributed by atoms with E-state index in [0.717, 1.165) is 6.08 Å². The minimum Gasteiger partial charge on any atom is -0.458 e. The van der Waals surface area contributed by atoms with Crippen molar-refractivity contribution < 1.29 is 14.1 Å². The molecule has 0 radical (unpaired) electrons. The summed E-state index contributed by atoms with van der Waals surface area (Å²) in [5, 5.41) is 0. The number of esters is 1. The van der Waals surface area contributed by atoms with Gasteiger partial charge in [0.2, 0.25) is 0 Å². The maximum Gasteiger partial charge on any atom is 0.331 e. The number of carbonyl (C=O) groups is 1. The molecule has 0 aliphatic heterocycles. The quantitative estimate of drug-likeness (QED) is 0.269. The third-order valence-corrected chi connectivity index (χ3v) is 0.886. The fraction of sp³-hybridized carbons (Fsp3) is 0.167. The van der Waals surface area contributed by atoms with Crippen LogP contribution in [0.15, 0.2) is 24.5 Å². The molecule has 0 fully saturated rings. The topological polar surface area (TPSA) is 43.4 Å². The normalized spacial score (nSPS) is 10.0. The number of ether oxygens (including phenoxy) is 1. The molecular formula is C6H7O3P. The molecule has 0 unspecified atom stereocenters. The first kappa shape index (κ1) is 9.05. The monoisotopic (exact) mass is 158 g/mol. The fourth-order valence-electron chi connectivity index (χ4n) is 0.280. The van der Waals surface area contributed by atoms with Crippen LogP contribution in [-0.2, 0) is 14.1 Å². The van der Waals surface area contributed by atoms with Gasteiger partial charge in [0.15, 0.2) is 8.46 Å². The Morgan fingerprint density at radius 3 is 2.90 bits per heavy atom. The Hall–Kier alpha value is -0.950. The van der Waals surface area contributed by atoms with Crippen LogP contribution in [0.25, 0.3) is 0 Å². The third kappa shape index (κ3) is 5.19. The molecule has 0 heterocycles. The minimum absolute atomic E-state index is 0.179. The van der Waals surface area contributed by atoms with Crippen molar-refractivity contribution in [1.29, 1.82) is 0 Å². The van der Waals surface area contributed by atoms with Gasteiger partial charge in [-0.05, 0) is 0 Å². The maximum atomic E-state index is 10.5. The molecule has 0 saturated carbocycles. The van der Waals surface area contributed by atoms with E-state index in [2.05, 4.69) is 11.3 Å². The van der Waals surface area contributed by atoms with Crippen molar-refractivity contribution in [1.82, 2.24) is 0 Å². The van der Waals surface area contributed by atoms with Crippen LogP contribution in [0.4, 0.5) is 0 Å². The summed E-state index contributed by atoms with van der Waals surface area (Å²) in [6.45, 7) is 3.53. The van der Waals surface area contributed by atoms with Crippen molar-refractivity contribution in [3.8, 4) is 0 Å². The zero-order valence-corrected chi connectivity index (χ0v) is 6.21. The van der Waals surface area contributed by atoms with Crippen molar-refractivity contribution in [3.05, 3.63) is 24.5 Å². The number of rotatable bonds is 4. The summed E-state index contributed by atoms with van der Waals surface area (Å²) in [4.78, 5) is 10.5. The van der Waals surface area contributed by atoms with Gasteiger partial charge in [0.25, 0.3) is 0 Å². The van der Waals surface area contributed by atoms with E-state index >= 15 is 0 Å². The summed E-state index contributed by atoms with van der Waals surface area (Å²) in [5.41, 5.74) is 0. The maximum absolute atomic E-state index is 10.5. The average molecular weight is 158 g/mol.